The van der Waals surface area contributed by atoms with Crippen molar-refractivity contribution in [1.29, 1.82) is 5.26 Å². The number of hydrogen-bond donors (Lipinski definition) is 1. The molecule has 0 aliphatic carbocycles. The SMILES string of the molecule is CN1CCN(c2sc(C#N)c(N)c2S(C)(=O)=O)CC1. The number of nitriles is 1. The van der Waals surface area contributed by atoms with Gasteiger partial charge in [0.05, 0.1) is 5.69 Å². The van der Waals surface area contributed by atoms with Crippen molar-refractivity contribution in [2.45, 2.75) is 4.90 Å². The molecular weight excluding hydrogens is 284 g/mol. The second kappa shape index (κ2) is 5.00. The molecule has 2 N–H and O–H groups in total. The van der Waals surface area contributed by atoms with E-state index in [9.17, 15) is 8.42 Å². The van der Waals surface area contributed by atoms with Crippen molar-refractivity contribution in [3.63, 3.8) is 0 Å². The molecule has 104 valence electrons. The lowest BCUT2D eigenvalue weighted by atomic mass is 10.3. The van der Waals surface area contributed by atoms with Gasteiger partial charge in [0.15, 0.2) is 9.84 Å². The van der Waals surface area contributed by atoms with E-state index in [1.54, 1.807) is 0 Å². The summed E-state index contributed by atoms with van der Waals surface area (Å²) in [6, 6.07) is 1.97. The molecule has 0 saturated carbocycles. The van der Waals surface area contributed by atoms with Gasteiger partial charge in [-0.05, 0) is 7.05 Å². The van der Waals surface area contributed by atoms with Gasteiger partial charge in [-0.2, -0.15) is 5.26 Å². The van der Waals surface area contributed by atoms with Crippen LogP contribution in [0.4, 0.5) is 10.7 Å². The number of nitrogen functional groups attached to an aromatic ring is 1. The van der Waals surface area contributed by atoms with Gasteiger partial charge in [0.2, 0.25) is 0 Å². The first-order valence-corrected chi connectivity index (χ1v) is 8.51. The lowest BCUT2D eigenvalue weighted by molar-refractivity contribution is 0.313. The van der Waals surface area contributed by atoms with E-state index in [4.69, 9.17) is 11.0 Å². The number of anilines is 2. The fraction of sp³-hybridized carbons (Fsp3) is 0.545. The van der Waals surface area contributed by atoms with E-state index in [-0.39, 0.29) is 15.5 Å². The molecule has 1 saturated heterocycles. The summed E-state index contributed by atoms with van der Waals surface area (Å²) in [5, 5.41) is 9.62. The summed E-state index contributed by atoms with van der Waals surface area (Å²) >= 11 is 1.16. The molecule has 6 nitrogen and oxygen atoms in total. The summed E-state index contributed by atoms with van der Waals surface area (Å²) in [6.07, 6.45) is 1.13. The molecule has 1 fully saturated rings. The molecule has 0 amide bonds. The van der Waals surface area contributed by atoms with Crippen molar-refractivity contribution >= 4 is 31.9 Å². The first-order chi connectivity index (χ1) is 8.84. The Morgan fingerprint density at radius 1 is 1.32 bits per heavy atom. The maximum atomic E-state index is 11.9. The summed E-state index contributed by atoms with van der Waals surface area (Å²) in [5.41, 5.74) is 5.89. The number of hydrogen-bond acceptors (Lipinski definition) is 7. The van der Waals surface area contributed by atoms with Gasteiger partial charge >= 0.3 is 0 Å². The van der Waals surface area contributed by atoms with E-state index in [2.05, 4.69) is 4.90 Å². The normalized spacial score (nSPS) is 17.4. The monoisotopic (exact) mass is 300 g/mol. The smallest absolute Gasteiger partial charge is 0.180 e. The van der Waals surface area contributed by atoms with Crippen LogP contribution in [0.25, 0.3) is 0 Å². The molecule has 0 unspecified atom stereocenters. The van der Waals surface area contributed by atoms with Crippen molar-refractivity contribution in [2.75, 3.05) is 50.1 Å². The Morgan fingerprint density at radius 2 is 1.89 bits per heavy atom. The topological polar surface area (TPSA) is 90.4 Å². The third kappa shape index (κ3) is 2.68. The second-order valence-electron chi connectivity index (χ2n) is 4.65. The molecule has 0 aromatic carbocycles. The van der Waals surface area contributed by atoms with Gasteiger partial charge in [-0.1, -0.05) is 0 Å². The molecule has 8 heteroatoms. The molecule has 2 rings (SSSR count). The summed E-state index contributed by atoms with van der Waals surface area (Å²) in [4.78, 5) is 4.56. The van der Waals surface area contributed by atoms with E-state index in [0.717, 1.165) is 43.8 Å². The van der Waals surface area contributed by atoms with Crippen molar-refractivity contribution in [3.05, 3.63) is 4.88 Å². The van der Waals surface area contributed by atoms with E-state index >= 15 is 0 Å². The molecule has 1 aliphatic heterocycles. The minimum absolute atomic E-state index is 0.0870. The van der Waals surface area contributed by atoms with E-state index in [0.29, 0.717) is 5.00 Å². The molecule has 0 bridgehead atoms. The van der Waals surface area contributed by atoms with Crippen LogP contribution in [0.1, 0.15) is 4.88 Å². The van der Waals surface area contributed by atoms with Crippen LogP contribution in [-0.2, 0) is 9.84 Å². The fourth-order valence-corrected chi connectivity index (χ4v) is 4.63. The highest BCUT2D eigenvalue weighted by Crippen LogP contribution is 2.41. The van der Waals surface area contributed by atoms with E-state index in [1.807, 2.05) is 18.0 Å². The lowest BCUT2D eigenvalue weighted by Gasteiger charge is -2.33. The number of nitrogens with two attached hydrogens (primary N) is 1. The Labute approximate surface area is 116 Å². The fourth-order valence-electron chi connectivity index (χ4n) is 2.08. The minimum atomic E-state index is -3.44. The lowest BCUT2D eigenvalue weighted by Crippen LogP contribution is -2.44. The summed E-state index contributed by atoms with van der Waals surface area (Å²) in [5.74, 6) is 0. The van der Waals surface area contributed by atoms with Gasteiger partial charge in [0.25, 0.3) is 0 Å². The maximum Gasteiger partial charge on any atom is 0.180 e. The largest absolute Gasteiger partial charge is 0.396 e. The van der Waals surface area contributed by atoms with E-state index in [1.165, 1.54) is 0 Å². The van der Waals surface area contributed by atoms with Crippen LogP contribution >= 0.6 is 11.3 Å². The zero-order valence-electron chi connectivity index (χ0n) is 10.9. The molecule has 1 aromatic heterocycles. The van der Waals surface area contributed by atoms with Crippen molar-refractivity contribution in [3.8, 4) is 6.07 Å². The molecule has 0 atom stereocenters. The average Bonchev–Trinajstić information content (AvgIpc) is 2.67. The first kappa shape index (κ1) is 14.1. The van der Waals surface area contributed by atoms with Gasteiger partial charge in [-0.3, -0.25) is 0 Å². The first-order valence-electron chi connectivity index (χ1n) is 5.80. The van der Waals surface area contributed by atoms with Crippen molar-refractivity contribution in [1.82, 2.24) is 4.90 Å². The van der Waals surface area contributed by atoms with Gasteiger partial charge in [-0.15, -0.1) is 11.3 Å². The highest BCUT2D eigenvalue weighted by atomic mass is 32.2. The molecular formula is C11H16N4O2S2. The Balaban J connectivity index is 2.49. The van der Waals surface area contributed by atoms with Gasteiger partial charge in [0.1, 0.15) is 20.8 Å². The van der Waals surface area contributed by atoms with Crippen LogP contribution in [0.3, 0.4) is 0 Å². The van der Waals surface area contributed by atoms with Crippen LogP contribution in [0, 0.1) is 11.3 Å². The Hall–Kier alpha value is -1.30. The summed E-state index contributed by atoms with van der Waals surface area (Å²) < 4.78 is 23.8. The van der Waals surface area contributed by atoms with Crippen molar-refractivity contribution in [2.24, 2.45) is 0 Å². The highest BCUT2D eigenvalue weighted by Gasteiger charge is 2.28. The predicted molar refractivity (Wildman–Crippen MR) is 76.3 cm³/mol. The summed E-state index contributed by atoms with van der Waals surface area (Å²) in [7, 11) is -1.41. The van der Waals surface area contributed by atoms with E-state index < -0.39 is 9.84 Å². The number of piperazine rings is 1. The van der Waals surface area contributed by atoms with Gasteiger partial charge in [0, 0.05) is 32.4 Å². The van der Waals surface area contributed by atoms with Crippen LogP contribution < -0.4 is 10.6 Å². The number of nitrogens with zero attached hydrogens (tertiary/aromatic N) is 3. The molecule has 1 aromatic rings. The molecule has 0 radical (unpaired) electrons. The number of rotatable bonds is 2. The third-order valence-corrected chi connectivity index (χ3v) is 5.60. The molecule has 19 heavy (non-hydrogen) atoms. The van der Waals surface area contributed by atoms with Crippen LogP contribution in [0.2, 0.25) is 0 Å². The number of likely N-dealkylation sites (N-methyl/N-ethyl adjacent to an activating group) is 1. The Bertz CT molecular complexity index is 622. The van der Waals surface area contributed by atoms with Crippen LogP contribution in [-0.4, -0.2) is 52.8 Å². The van der Waals surface area contributed by atoms with Crippen LogP contribution in [0.5, 0.6) is 0 Å². The zero-order valence-corrected chi connectivity index (χ0v) is 12.5. The Kier molecular flexibility index (Phi) is 3.71. The minimum Gasteiger partial charge on any atom is -0.396 e. The van der Waals surface area contributed by atoms with Gasteiger partial charge < -0.3 is 15.5 Å². The zero-order chi connectivity index (χ0) is 14.2. The molecule has 0 spiro atoms. The second-order valence-corrected chi connectivity index (χ2v) is 7.61. The van der Waals surface area contributed by atoms with Gasteiger partial charge in [-0.25, -0.2) is 8.42 Å². The number of thiophene rings is 1. The quantitative estimate of drug-likeness (QED) is 0.848. The molecule has 1 aliphatic rings. The standard InChI is InChI=1S/C11H16N4O2S2/c1-14-3-5-15(6-4-14)11-10(19(2,16)17)9(13)8(7-12)18-11/h3-6,13H2,1-2H3. The highest BCUT2D eigenvalue weighted by molar-refractivity contribution is 7.91. The maximum absolute atomic E-state index is 11.9. The molecule has 2 heterocycles. The number of sulfone groups is 1. The average molecular weight is 300 g/mol. The van der Waals surface area contributed by atoms with Crippen molar-refractivity contribution < 1.29 is 8.42 Å². The predicted octanol–water partition coefficient (Wildman–Crippen LogP) is 0.357. The third-order valence-electron chi connectivity index (χ3n) is 3.15. The summed E-state index contributed by atoms with van der Waals surface area (Å²) in [6.45, 7) is 3.21. The Morgan fingerprint density at radius 3 is 2.37 bits per heavy atom. The van der Waals surface area contributed by atoms with Crippen LogP contribution in [0.15, 0.2) is 4.90 Å².